The first kappa shape index (κ1) is 14.5. The lowest BCUT2D eigenvalue weighted by Crippen LogP contribution is -2.26. The molecule has 7 nitrogen and oxygen atoms in total. The first-order valence-electron chi connectivity index (χ1n) is 6.96. The van der Waals surface area contributed by atoms with Gasteiger partial charge in [-0.3, -0.25) is 10.1 Å². The molecule has 1 aliphatic rings. The summed E-state index contributed by atoms with van der Waals surface area (Å²) in [5.41, 5.74) is 2.63. The highest BCUT2D eigenvalue weighted by molar-refractivity contribution is 5.60. The van der Waals surface area contributed by atoms with Crippen molar-refractivity contribution in [2.45, 2.75) is 39.0 Å². The molecule has 0 radical (unpaired) electrons. The van der Waals surface area contributed by atoms with Crippen LogP contribution in [0.25, 0.3) is 0 Å². The maximum atomic E-state index is 11.0. The topological polar surface area (TPSA) is 106 Å². The van der Waals surface area contributed by atoms with Crippen LogP contribution in [-0.4, -0.2) is 16.5 Å². The van der Waals surface area contributed by atoms with Crippen molar-refractivity contribution >= 4 is 17.3 Å². The molecule has 1 aliphatic carbocycles. The molecule has 1 heterocycles. The zero-order valence-electron chi connectivity index (χ0n) is 11.7. The third-order valence-corrected chi connectivity index (χ3v) is 4.26. The highest BCUT2D eigenvalue weighted by atomic mass is 16.6. The average molecular weight is 279 g/mol. The Balaban J connectivity index is 2.16. The summed E-state index contributed by atoms with van der Waals surface area (Å²) in [4.78, 5) is 14.8. The zero-order valence-corrected chi connectivity index (χ0v) is 11.7. The molecule has 0 saturated heterocycles. The third-order valence-electron chi connectivity index (χ3n) is 4.26. The number of pyridine rings is 1. The Hall–Kier alpha value is -1.89. The molecular formula is C13H21N5O2. The van der Waals surface area contributed by atoms with E-state index in [-0.39, 0.29) is 16.9 Å². The van der Waals surface area contributed by atoms with Gasteiger partial charge in [0.25, 0.3) is 0 Å². The molecule has 1 aromatic heterocycles. The number of anilines is 2. The van der Waals surface area contributed by atoms with Gasteiger partial charge >= 0.3 is 5.69 Å². The SMILES string of the molecule is CCC1(CNc2nc(NN)ccc2[N+](=O)[O-])CCCC1. The van der Waals surface area contributed by atoms with Crippen molar-refractivity contribution in [3.05, 3.63) is 22.2 Å². The highest BCUT2D eigenvalue weighted by Crippen LogP contribution is 2.41. The molecule has 0 amide bonds. The summed E-state index contributed by atoms with van der Waals surface area (Å²) in [5, 5.41) is 14.2. The second-order valence-electron chi connectivity index (χ2n) is 5.38. The fourth-order valence-corrected chi connectivity index (χ4v) is 2.86. The van der Waals surface area contributed by atoms with Crippen molar-refractivity contribution in [2.24, 2.45) is 11.3 Å². The van der Waals surface area contributed by atoms with Crippen LogP contribution in [0.2, 0.25) is 0 Å². The molecule has 0 aromatic carbocycles. The molecule has 1 fully saturated rings. The van der Waals surface area contributed by atoms with E-state index < -0.39 is 4.92 Å². The van der Waals surface area contributed by atoms with Crippen molar-refractivity contribution in [1.29, 1.82) is 0 Å². The number of nitrogens with one attached hydrogen (secondary N) is 2. The van der Waals surface area contributed by atoms with Crippen molar-refractivity contribution in [2.75, 3.05) is 17.3 Å². The van der Waals surface area contributed by atoms with Crippen LogP contribution in [0.5, 0.6) is 0 Å². The van der Waals surface area contributed by atoms with E-state index in [0.717, 1.165) is 6.42 Å². The van der Waals surface area contributed by atoms with Crippen LogP contribution in [0.15, 0.2) is 12.1 Å². The fourth-order valence-electron chi connectivity index (χ4n) is 2.86. The quantitative estimate of drug-likeness (QED) is 0.420. The maximum absolute atomic E-state index is 11.0. The van der Waals surface area contributed by atoms with E-state index in [1.165, 1.54) is 37.8 Å². The molecule has 110 valence electrons. The predicted molar refractivity (Wildman–Crippen MR) is 78.4 cm³/mol. The molecule has 0 bridgehead atoms. The number of rotatable bonds is 6. The molecule has 0 unspecified atom stereocenters. The molecule has 2 rings (SSSR count). The van der Waals surface area contributed by atoms with Crippen LogP contribution >= 0.6 is 0 Å². The van der Waals surface area contributed by atoms with Crippen LogP contribution < -0.4 is 16.6 Å². The lowest BCUT2D eigenvalue weighted by molar-refractivity contribution is -0.384. The largest absolute Gasteiger partial charge is 0.364 e. The number of hydrazine groups is 1. The number of aromatic nitrogens is 1. The number of nitrogens with two attached hydrogens (primary N) is 1. The van der Waals surface area contributed by atoms with Crippen molar-refractivity contribution < 1.29 is 4.92 Å². The molecule has 0 aliphatic heterocycles. The monoisotopic (exact) mass is 279 g/mol. The smallest absolute Gasteiger partial charge is 0.311 e. The van der Waals surface area contributed by atoms with Crippen molar-refractivity contribution in [3.8, 4) is 0 Å². The van der Waals surface area contributed by atoms with E-state index in [9.17, 15) is 10.1 Å². The van der Waals surface area contributed by atoms with Gasteiger partial charge in [0.05, 0.1) is 4.92 Å². The summed E-state index contributed by atoms with van der Waals surface area (Å²) in [6, 6.07) is 2.91. The molecule has 7 heteroatoms. The van der Waals surface area contributed by atoms with Crippen LogP contribution in [0.1, 0.15) is 39.0 Å². The lowest BCUT2D eigenvalue weighted by atomic mass is 9.83. The standard InChI is InChI=1S/C13H21N5O2/c1-2-13(7-3-4-8-13)9-15-12-10(18(19)20)5-6-11(16-12)17-14/h5-6H,2-4,7-9,14H2,1H3,(H2,15,16,17). The zero-order chi connectivity index (χ0) is 14.6. The number of nitrogens with zero attached hydrogens (tertiary/aromatic N) is 2. The van der Waals surface area contributed by atoms with Gasteiger partial charge in [0.15, 0.2) is 0 Å². The molecule has 4 N–H and O–H groups in total. The van der Waals surface area contributed by atoms with Gasteiger partial charge in [-0.25, -0.2) is 10.8 Å². The molecule has 1 saturated carbocycles. The van der Waals surface area contributed by atoms with Gasteiger partial charge in [-0.15, -0.1) is 0 Å². The van der Waals surface area contributed by atoms with Gasteiger partial charge in [-0.1, -0.05) is 19.8 Å². The van der Waals surface area contributed by atoms with Gasteiger partial charge < -0.3 is 10.7 Å². The molecule has 20 heavy (non-hydrogen) atoms. The van der Waals surface area contributed by atoms with Crippen molar-refractivity contribution in [3.63, 3.8) is 0 Å². The molecule has 0 spiro atoms. The minimum absolute atomic E-state index is 0.0201. The third kappa shape index (κ3) is 2.98. The highest BCUT2D eigenvalue weighted by Gasteiger charge is 2.32. The van der Waals surface area contributed by atoms with Crippen LogP contribution in [-0.2, 0) is 0 Å². The fraction of sp³-hybridized carbons (Fsp3) is 0.615. The minimum Gasteiger partial charge on any atom is -0.364 e. The van der Waals surface area contributed by atoms with Crippen LogP contribution in [0, 0.1) is 15.5 Å². The Morgan fingerprint density at radius 1 is 1.45 bits per heavy atom. The Morgan fingerprint density at radius 3 is 2.70 bits per heavy atom. The number of hydrogen-bond donors (Lipinski definition) is 3. The summed E-state index contributed by atoms with van der Waals surface area (Å²) in [6.07, 6.45) is 5.87. The van der Waals surface area contributed by atoms with Crippen LogP contribution in [0.4, 0.5) is 17.3 Å². The van der Waals surface area contributed by atoms with Crippen molar-refractivity contribution in [1.82, 2.24) is 4.98 Å². The lowest BCUT2D eigenvalue weighted by Gasteiger charge is -2.27. The van der Waals surface area contributed by atoms with E-state index in [0.29, 0.717) is 12.4 Å². The van der Waals surface area contributed by atoms with Gasteiger partial charge in [0, 0.05) is 12.6 Å². The minimum atomic E-state index is -0.428. The van der Waals surface area contributed by atoms with Gasteiger partial charge in [-0.05, 0) is 30.7 Å². The van der Waals surface area contributed by atoms with Gasteiger partial charge in [0.2, 0.25) is 5.82 Å². The Bertz CT molecular complexity index is 486. The summed E-state index contributed by atoms with van der Waals surface area (Å²) in [6.45, 7) is 2.89. The summed E-state index contributed by atoms with van der Waals surface area (Å²) in [5.74, 6) is 6.00. The predicted octanol–water partition coefficient (Wildman–Crippen LogP) is 2.66. The maximum Gasteiger partial charge on any atom is 0.311 e. The average Bonchev–Trinajstić information content (AvgIpc) is 2.94. The van der Waals surface area contributed by atoms with E-state index in [4.69, 9.17) is 5.84 Å². The number of nitro groups is 1. The Labute approximate surface area is 118 Å². The summed E-state index contributed by atoms with van der Waals surface area (Å²) >= 11 is 0. The van der Waals surface area contributed by atoms with E-state index in [1.807, 2.05) is 0 Å². The summed E-state index contributed by atoms with van der Waals surface area (Å²) < 4.78 is 0. The second kappa shape index (κ2) is 6.04. The van der Waals surface area contributed by atoms with Gasteiger partial charge in [0.1, 0.15) is 5.82 Å². The number of hydrogen-bond acceptors (Lipinski definition) is 6. The van der Waals surface area contributed by atoms with Crippen LogP contribution in [0.3, 0.4) is 0 Å². The van der Waals surface area contributed by atoms with E-state index in [2.05, 4.69) is 22.7 Å². The van der Waals surface area contributed by atoms with E-state index >= 15 is 0 Å². The Morgan fingerprint density at radius 2 is 2.15 bits per heavy atom. The van der Waals surface area contributed by atoms with Gasteiger partial charge in [-0.2, -0.15) is 0 Å². The normalized spacial score (nSPS) is 16.9. The van der Waals surface area contributed by atoms with E-state index in [1.54, 1.807) is 0 Å². The molecular weight excluding hydrogens is 258 g/mol. The molecule has 0 atom stereocenters. The molecule has 1 aromatic rings. The Kier molecular flexibility index (Phi) is 4.39. The first-order chi connectivity index (χ1) is 9.60. The second-order valence-corrected chi connectivity index (χ2v) is 5.38. The first-order valence-corrected chi connectivity index (χ1v) is 6.96. The number of nitrogen functional groups attached to an aromatic ring is 1. The summed E-state index contributed by atoms with van der Waals surface area (Å²) in [7, 11) is 0.